The normalized spacial score (nSPS) is 35.9. The molecule has 0 aliphatic heterocycles. The smallest absolute Gasteiger partial charge is 0.137 e. The van der Waals surface area contributed by atoms with Gasteiger partial charge in [-0.15, -0.1) is 0 Å². The highest BCUT2D eigenvalue weighted by atomic mass is 16.4. The summed E-state index contributed by atoms with van der Waals surface area (Å²) in [6.45, 7) is 2.31. The second-order valence-corrected chi connectivity index (χ2v) is 9.80. The van der Waals surface area contributed by atoms with E-state index in [1.807, 2.05) is 30.3 Å². The summed E-state index contributed by atoms with van der Waals surface area (Å²) in [5.74, 6) is 2.78. The summed E-state index contributed by atoms with van der Waals surface area (Å²) in [7, 11) is 0. The summed E-state index contributed by atoms with van der Waals surface area (Å²) in [4.78, 5) is 0. The Morgan fingerprint density at radius 2 is 1.86 bits per heavy atom. The van der Waals surface area contributed by atoms with Crippen molar-refractivity contribution in [2.24, 2.45) is 17.3 Å². The molecule has 5 atom stereocenters. The molecule has 0 unspecified atom stereocenters. The standard InChI is InChI=1S/C26H28O3/c1-25-12-10-20-19-9-7-18(27)14-16(19)6-8-21(20)22(25)11-13-26(25,28)24-15-17-4-2-3-5-23(17)29-24/h2-5,7,9,14-15,20-22,27-28H,6,8,10-13H2,1H3/t20-,21+,22+,25+,26-/m1/s1. The highest BCUT2D eigenvalue weighted by molar-refractivity contribution is 5.78. The molecule has 1 heterocycles. The number of aryl methyl sites for hydroxylation is 1. The Balaban J connectivity index is 1.39. The van der Waals surface area contributed by atoms with Crippen LogP contribution in [0.5, 0.6) is 5.75 Å². The number of para-hydroxylation sites is 1. The molecule has 2 aromatic carbocycles. The molecule has 6 rings (SSSR count). The van der Waals surface area contributed by atoms with Crippen LogP contribution < -0.4 is 0 Å². The summed E-state index contributed by atoms with van der Waals surface area (Å²) in [5, 5.41) is 23.0. The van der Waals surface area contributed by atoms with E-state index in [1.165, 1.54) is 11.1 Å². The topological polar surface area (TPSA) is 53.6 Å². The number of fused-ring (bicyclic) bond motifs is 6. The molecule has 0 spiro atoms. The van der Waals surface area contributed by atoms with Crippen LogP contribution in [0.2, 0.25) is 0 Å². The van der Waals surface area contributed by atoms with Crippen LogP contribution in [0.15, 0.2) is 52.9 Å². The highest BCUT2D eigenvalue weighted by Crippen LogP contribution is 2.67. The number of hydrogen-bond acceptors (Lipinski definition) is 3. The van der Waals surface area contributed by atoms with Crippen LogP contribution in [0.25, 0.3) is 11.0 Å². The van der Waals surface area contributed by atoms with Crippen molar-refractivity contribution in [2.45, 2.75) is 57.0 Å². The minimum absolute atomic E-state index is 0.156. The van der Waals surface area contributed by atoms with Gasteiger partial charge < -0.3 is 14.6 Å². The third-order valence-electron chi connectivity index (χ3n) is 8.69. The Labute approximate surface area is 171 Å². The second-order valence-electron chi connectivity index (χ2n) is 9.80. The van der Waals surface area contributed by atoms with Crippen molar-refractivity contribution in [2.75, 3.05) is 0 Å². The molecule has 3 aromatic rings. The Morgan fingerprint density at radius 1 is 1.00 bits per heavy atom. The molecule has 0 saturated heterocycles. The van der Waals surface area contributed by atoms with Crippen LogP contribution in [0.1, 0.15) is 61.8 Å². The number of hydrogen-bond donors (Lipinski definition) is 2. The van der Waals surface area contributed by atoms with Gasteiger partial charge in [0.25, 0.3) is 0 Å². The van der Waals surface area contributed by atoms with E-state index < -0.39 is 5.60 Å². The van der Waals surface area contributed by atoms with Crippen LogP contribution in [-0.2, 0) is 12.0 Å². The predicted octanol–water partition coefficient (Wildman–Crippen LogP) is 5.88. The summed E-state index contributed by atoms with van der Waals surface area (Å²) < 4.78 is 6.20. The van der Waals surface area contributed by atoms with Crippen molar-refractivity contribution < 1.29 is 14.6 Å². The molecule has 2 N–H and O–H groups in total. The van der Waals surface area contributed by atoms with E-state index in [-0.39, 0.29) is 5.41 Å². The van der Waals surface area contributed by atoms with E-state index in [1.54, 1.807) is 0 Å². The first-order valence-corrected chi connectivity index (χ1v) is 11.0. The van der Waals surface area contributed by atoms with Crippen LogP contribution >= 0.6 is 0 Å². The number of rotatable bonds is 1. The number of aromatic hydroxyl groups is 1. The van der Waals surface area contributed by atoms with Gasteiger partial charge in [-0.3, -0.25) is 0 Å². The lowest BCUT2D eigenvalue weighted by atomic mass is 9.53. The number of phenols is 1. The lowest BCUT2D eigenvalue weighted by Gasteiger charge is -2.52. The lowest BCUT2D eigenvalue weighted by Crippen LogP contribution is -2.49. The quantitative estimate of drug-likeness (QED) is 0.547. The minimum atomic E-state index is -0.892. The van der Waals surface area contributed by atoms with Gasteiger partial charge in [-0.2, -0.15) is 0 Å². The summed E-state index contributed by atoms with van der Waals surface area (Å²) in [5.41, 5.74) is 2.57. The largest absolute Gasteiger partial charge is 0.508 e. The number of aliphatic hydroxyl groups is 1. The van der Waals surface area contributed by atoms with Gasteiger partial charge in [0.1, 0.15) is 22.7 Å². The molecule has 0 bridgehead atoms. The Morgan fingerprint density at radius 3 is 2.72 bits per heavy atom. The fourth-order valence-electron chi connectivity index (χ4n) is 7.18. The van der Waals surface area contributed by atoms with Gasteiger partial charge >= 0.3 is 0 Å². The first-order valence-electron chi connectivity index (χ1n) is 11.0. The summed E-state index contributed by atoms with van der Waals surface area (Å²) >= 11 is 0. The highest BCUT2D eigenvalue weighted by Gasteiger charge is 2.63. The van der Waals surface area contributed by atoms with Gasteiger partial charge in [-0.1, -0.05) is 31.2 Å². The molecule has 3 nitrogen and oxygen atoms in total. The summed E-state index contributed by atoms with van der Waals surface area (Å²) in [6, 6.07) is 16.1. The zero-order chi connectivity index (χ0) is 19.8. The number of furan rings is 1. The Kier molecular flexibility index (Phi) is 3.57. The van der Waals surface area contributed by atoms with Gasteiger partial charge in [0.05, 0.1) is 0 Å². The zero-order valence-electron chi connectivity index (χ0n) is 16.9. The molecule has 3 heteroatoms. The summed E-state index contributed by atoms with van der Waals surface area (Å²) in [6.07, 6.45) is 6.11. The van der Waals surface area contributed by atoms with E-state index in [2.05, 4.69) is 25.1 Å². The van der Waals surface area contributed by atoms with E-state index in [9.17, 15) is 10.2 Å². The average molecular weight is 389 g/mol. The van der Waals surface area contributed by atoms with E-state index in [4.69, 9.17) is 4.42 Å². The van der Waals surface area contributed by atoms with Gasteiger partial charge in [-0.25, -0.2) is 0 Å². The Hall–Kier alpha value is -2.26. The number of phenolic OH excluding ortho intramolecular Hbond substituents is 1. The van der Waals surface area contributed by atoms with Gasteiger partial charge in [0.15, 0.2) is 0 Å². The zero-order valence-corrected chi connectivity index (χ0v) is 16.9. The predicted molar refractivity (Wildman–Crippen MR) is 113 cm³/mol. The minimum Gasteiger partial charge on any atom is -0.508 e. The fraction of sp³-hybridized carbons (Fsp3) is 0.462. The van der Waals surface area contributed by atoms with Crippen LogP contribution in [-0.4, -0.2) is 10.2 Å². The van der Waals surface area contributed by atoms with Gasteiger partial charge in [-0.05, 0) is 91.7 Å². The van der Waals surface area contributed by atoms with Crippen LogP contribution in [0.4, 0.5) is 0 Å². The monoisotopic (exact) mass is 388 g/mol. The third kappa shape index (κ3) is 2.28. The molecular formula is C26H28O3. The van der Waals surface area contributed by atoms with Crippen molar-refractivity contribution in [1.29, 1.82) is 0 Å². The number of benzene rings is 2. The van der Waals surface area contributed by atoms with Crippen molar-refractivity contribution in [3.05, 3.63) is 65.4 Å². The molecule has 2 saturated carbocycles. The molecule has 0 radical (unpaired) electrons. The molecule has 3 aliphatic rings. The van der Waals surface area contributed by atoms with Crippen LogP contribution in [0.3, 0.4) is 0 Å². The SMILES string of the molecule is C[C@]12CC[C@@H]3c4ccc(O)cc4CC[C@@H]3[C@@H]1CC[C@@]2(O)c1cc2ccccc2o1. The van der Waals surface area contributed by atoms with Crippen molar-refractivity contribution in [3.63, 3.8) is 0 Å². The molecule has 3 aliphatic carbocycles. The van der Waals surface area contributed by atoms with E-state index in [0.717, 1.165) is 55.3 Å². The van der Waals surface area contributed by atoms with Gasteiger partial charge in [0.2, 0.25) is 0 Å². The maximum atomic E-state index is 12.0. The van der Waals surface area contributed by atoms with Crippen LogP contribution in [0, 0.1) is 17.3 Å². The molecular weight excluding hydrogens is 360 g/mol. The van der Waals surface area contributed by atoms with E-state index >= 15 is 0 Å². The molecule has 150 valence electrons. The molecule has 0 amide bonds. The van der Waals surface area contributed by atoms with Crippen molar-refractivity contribution in [3.8, 4) is 5.75 Å². The molecule has 1 aromatic heterocycles. The Bertz CT molecular complexity index is 1070. The van der Waals surface area contributed by atoms with E-state index in [0.29, 0.717) is 23.5 Å². The van der Waals surface area contributed by atoms with Gasteiger partial charge in [0, 0.05) is 10.8 Å². The van der Waals surface area contributed by atoms with Crippen molar-refractivity contribution in [1.82, 2.24) is 0 Å². The average Bonchev–Trinajstić information content (AvgIpc) is 3.27. The lowest BCUT2D eigenvalue weighted by molar-refractivity contribution is -0.119. The first-order chi connectivity index (χ1) is 14.0. The maximum Gasteiger partial charge on any atom is 0.137 e. The fourth-order valence-corrected chi connectivity index (χ4v) is 7.18. The maximum absolute atomic E-state index is 12.0. The molecule has 2 fully saturated rings. The molecule has 29 heavy (non-hydrogen) atoms. The third-order valence-corrected chi connectivity index (χ3v) is 8.69. The van der Waals surface area contributed by atoms with Crippen molar-refractivity contribution >= 4 is 11.0 Å². The second kappa shape index (κ2) is 5.89. The first kappa shape index (κ1) is 17.6.